The fourth-order valence-corrected chi connectivity index (χ4v) is 2.57. The van der Waals surface area contributed by atoms with E-state index in [0.29, 0.717) is 30.8 Å². The molecule has 0 aliphatic heterocycles. The van der Waals surface area contributed by atoms with Gasteiger partial charge >= 0.3 is 6.18 Å². The molecule has 2 heterocycles. The molecule has 1 aromatic carbocycles. The van der Waals surface area contributed by atoms with E-state index in [1.54, 1.807) is 18.3 Å². The second-order valence-corrected chi connectivity index (χ2v) is 5.69. The molecule has 0 saturated heterocycles. The van der Waals surface area contributed by atoms with Gasteiger partial charge in [-0.1, -0.05) is 0 Å². The number of anilines is 1. The maximum absolute atomic E-state index is 13.5. The van der Waals surface area contributed by atoms with Crippen LogP contribution in [0.25, 0.3) is 22.2 Å². The van der Waals surface area contributed by atoms with E-state index in [4.69, 9.17) is 5.73 Å². The molecular weight excluding hydrogens is 348 g/mol. The number of alkyl halides is 3. The monoisotopic (exact) mass is 364 g/mol. The maximum Gasteiger partial charge on any atom is 0.419 e. The summed E-state index contributed by atoms with van der Waals surface area (Å²) in [6, 6.07) is 7.97. The first-order chi connectivity index (χ1) is 12.4. The summed E-state index contributed by atoms with van der Waals surface area (Å²) in [4.78, 5) is 8.66. The van der Waals surface area contributed by atoms with Crippen molar-refractivity contribution in [3.63, 3.8) is 0 Å². The van der Waals surface area contributed by atoms with Gasteiger partial charge < -0.3 is 11.1 Å². The fourth-order valence-electron chi connectivity index (χ4n) is 2.57. The van der Waals surface area contributed by atoms with E-state index in [0.717, 1.165) is 17.5 Å². The van der Waals surface area contributed by atoms with Gasteiger partial charge in [-0.05, 0) is 49.4 Å². The lowest BCUT2D eigenvalue weighted by Gasteiger charge is -2.13. The zero-order chi connectivity index (χ0) is 18.7. The number of fused-ring (bicyclic) bond motifs is 1. The summed E-state index contributed by atoms with van der Waals surface area (Å²) in [7, 11) is 0. The number of hydrogen-bond acceptors (Lipinski definition) is 4. The Morgan fingerprint density at radius 3 is 2.65 bits per heavy atom. The zero-order valence-corrected chi connectivity index (χ0v) is 13.6. The molecule has 0 aliphatic rings. The molecule has 3 rings (SSSR count). The number of nitrogens with zero attached hydrogens (tertiary/aromatic N) is 2. The molecule has 3 N–H and O–H groups in total. The van der Waals surface area contributed by atoms with Gasteiger partial charge in [-0.2, -0.15) is 13.2 Å². The van der Waals surface area contributed by atoms with E-state index in [1.807, 2.05) is 6.07 Å². The Morgan fingerprint density at radius 2 is 1.92 bits per heavy atom. The number of benzene rings is 1. The molecule has 0 unspecified atom stereocenters. The molecule has 0 radical (unpaired) electrons. The van der Waals surface area contributed by atoms with Crippen molar-refractivity contribution in [3.8, 4) is 11.3 Å². The summed E-state index contributed by atoms with van der Waals surface area (Å²) < 4.78 is 52.5. The van der Waals surface area contributed by atoms with Gasteiger partial charge in [-0.15, -0.1) is 0 Å². The van der Waals surface area contributed by atoms with Gasteiger partial charge in [0.2, 0.25) is 0 Å². The van der Waals surface area contributed by atoms with Gasteiger partial charge in [0, 0.05) is 23.7 Å². The van der Waals surface area contributed by atoms with Crippen LogP contribution in [0.3, 0.4) is 0 Å². The average Bonchev–Trinajstić information content (AvgIpc) is 2.61. The molecule has 0 fully saturated rings. The van der Waals surface area contributed by atoms with E-state index in [-0.39, 0.29) is 11.3 Å². The normalized spacial score (nSPS) is 11.7. The molecule has 0 atom stereocenters. The lowest BCUT2D eigenvalue weighted by molar-refractivity contribution is -0.139. The Hall–Kier alpha value is -2.74. The summed E-state index contributed by atoms with van der Waals surface area (Å²) in [5.41, 5.74) is 5.17. The van der Waals surface area contributed by atoms with Crippen LogP contribution in [0.15, 0.2) is 42.6 Å². The fraction of sp³-hybridized carbons (Fsp3) is 0.222. The van der Waals surface area contributed by atoms with E-state index >= 15 is 0 Å². The number of aromatic nitrogens is 2. The van der Waals surface area contributed by atoms with Gasteiger partial charge in [0.25, 0.3) is 0 Å². The van der Waals surface area contributed by atoms with Gasteiger partial charge in [-0.25, -0.2) is 9.37 Å². The van der Waals surface area contributed by atoms with E-state index < -0.39 is 17.6 Å². The Balaban J connectivity index is 2.10. The van der Waals surface area contributed by atoms with Crippen LogP contribution in [0.1, 0.15) is 12.0 Å². The lowest BCUT2D eigenvalue weighted by Crippen LogP contribution is -2.10. The number of nitrogens with two attached hydrogens (primary N) is 1. The number of hydrogen-bond donors (Lipinski definition) is 2. The Morgan fingerprint density at radius 1 is 1.12 bits per heavy atom. The topological polar surface area (TPSA) is 63.8 Å². The SMILES string of the molecule is NCCCNc1nc(-c2ccc(F)c(C(F)(F)F)c2)cc2ncccc12. The molecule has 0 saturated carbocycles. The first kappa shape index (κ1) is 18.1. The second-order valence-electron chi connectivity index (χ2n) is 5.69. The van der Waals surface area contributed by atoms with Gasteiger partial charge in [0.15, 0.2) is 0 Å². The molecule has 4 nitrogen and oxygen atoms in total. The van der Waals surface area contributed by atoms with Crippen LogP contribution in [0, 0.1) is 5.82 Å². The number of nitrogens with one attached hydrogen (secondary N) is 1. The van der Waals surface area contributed by atoms with Crippen LogP contribution in [0.2, 0.25) is 0 Å². The van der Waals surface area contributed by atoms with Crippen LogP contribution in [-0.4, -0.2) is 23.1 Å². The Labute approximate surface area is 147 Å². The van der Waals surface area contributed by atoms with Crippen molar-refractivity contribution < 1.29 is 17.6 Å². The first-order valence-electron chi connectivity index (χ1n) is 7.97. The van der Waals surface area contributed by atoms with Crippen molar-refractivity contribution in [1.29, 1.82) is 0 Å². The van der Waals surface area contributed by atoms with E-state index in [1.165, 1.54) is 6.07 Å². The average molecular weight is 364 g/mol. The summed E-state index contributed by atoms with van der Waals surface area (Å²) in [5, 5.41) is 3.87. The van der Waals surface area contributed by atoms with E-state index in [9.17, 15) is 17.6 Å². The van der Waals surface area contributed by atoms with Crippen molar-refractivity contribution in [3.05, 3.63) is 54.0 Å². The van der Waals surface area contributed by atoms with Gasteiger partial charge in [0.1, 0.15) is 11.6 Å². The van der Waals surface area contributed by atoms with Crippen LogP contribution in [0.4, 0.5) is 23.4 Å². The molecule has 0 bridgehead atoms. The molecular formula is C18H16F4N4. The summed E-state index contributed by atoms with van der Waals surface area (Å²) >= 11 is 0. The Bertz CT molecular complexity index is 925. The number of rotatable bonds is 5. The minimum atomic E-state index is -4.78. The lowest BCUT2D eigenvalue weighted by atomic mass is 10.1. The van der Waals surface area contributed by atoms with Crippen LogP contribution in [0.5, 0.6) is 0 Å². The summed E-state index contributed by atoms with van der Waals surface area (Å²) in [5.74, 6) is -0.821. The predicted molar refractivity (Wildman–Crippen MR) is 92.1 cm³/mol. The molecule has 0 aliphatic carbocycles. The smallest absolute Gasteiger partial charge is 0.369 e. The van der Waals surface area contributed by atoms with E-state index in [2.05, 4.69) is 15.3 Å². The molecule has 3 aromatic rings. The third kappa shape index (κ3) is 3.75. The maximum atomic E-state index is 13.5. The third-order valence-corrected chi connectivity index (χ3v) is 3.84. The van der Waals surface area contributed by atoms with Crippen molar-refractivity contribution in [2.24, 2.45) is 5.73 Å². The van der Waals surface area contributed by atoms with Crippen molar-refractivity contribution in [2.45, 2.75) is 12.6 Å². The highest BCUT2D eigenvalue weighted by Gasteiger charge is 2.34. The molecule has 0 spiro atoms. The number of halogens is 4. The predicted octanol–water partition coefficient (Wildman–Crippen LogP) is 4.22. The minimum Gasteiger partial charge on any atom is -0.369 e. The van der Waals surface area contributed by atoms with Crippen LogP contribution in [-0.2, 0) is 6.18 Å². The van der Waals surface area contributed by atoms with Crippen LogP contribution >= 0.6 is 0 Å². The highest BCUT2D eigenvalue weighted by Crippen LogP contribution is 2.35. The molecule has 2 aromatic heterocycles. The molecule has 8 heteroatoms. The molecule has 0 amide bonds. The largest absolute Gasteiger partial charge is 0.419 e. The van der Waals surface area contributed by atoms with Crippen molar-refractivity contribution >= 4 is 16.7 Å². The zero-order valence-electron chi connectivity index (χ0n) is 13.6. The molecule has 26 heavy (non-hydrogen) atoms. The quantitative estimate of drug-likeness (QED) is 0.526. The highest BCUT2D eigenvalue weighted by molar-refractivity contribution is 5.91. The third-order valence-electron chi connectivity index (χ3n) is 3.84. The summed E-state index contributed by atoms with van der Waals surface area (Å²) in [6.45, 7) is 1.06. The van der Waals surface area contributed by atoms with Crippen molar-refractivity contribution in [2.75, 3.05) is 18.4 Å². The standard InChI is InChI=1S/C18H16F4N4/c19-14-5-4-11(9-13(14)18(20,21)22)15-10-16-12(3-1-7-24-16)17(26-15)25-8-2-6-23/h1,3-5,7,9-10H,2,6,8,23H2,(H,25,26). The molecule has 136 valence electrons. The highest BCUT2D eigenvalue weighted by atomic mass is 19.4. The minimum absolute atomic E-state index is 0.160. The Kier molecular flexibility index (Phi) is 5.03. The first-order valence-corrected chi connectivity index (χ1v) is 7.97. The second kappa shape index (κ2) is 7.25. The van der Waals surface area contributed by atoms with Gasteiger partial charge in [-0.3, -0.25) is 4.98 Å². The van der Waals surface area contributed by atoms with Crippen LogP contribution < -0.4 is 11.1 Å². The van der Waals surface area contributed by atoms with Gasteiger partial charge in [0.05, 0.1) is 16.8 Å². The van der Waals surface area contributed by atoms with Crippen molar-refractivity contribution in [1.82, 2.24) is 9.97 Å². The number of pyridine rings is 2. The summed E-state index contributed by atoms with van der Waals surface area (Å²) in [6.07, 6.45) is -2.48.